The van der Waals surface area contributed by atoms with E-state index in [0.29, 0.717) is 11.0 Å². The van der Waals surface area contributed by atoms with Crippen LogP contribution >= 0.6 is 0 Å². The van der Waals surface area contributed by atoms with Gasteiger partial charge in [-0.25, -0.2) is 0 Å². The first kappa shape index (κ1) is 59.7. The summed E-state index contributed by atoms with van der Waals surface area (Å²) in [6, 6.07) is 9.24. The third kappa shape index (κ3) is 13.4. The highest BCUT2D eigenvalue weighted by Gasteiger charge is 2.47. The highest BCUT2D eigenvalue weighted by Crippen LogP contribution is 2.42. The van der Waals surface area contributed by atoms with Crippen molar-refractivity contribution in [3.05, 3.63) is 195 Å². The van der Waals surface area contributed by atoms with Crippen LogP contribution in [0.5, 0.6) is 0 Å². The van der Waals surface area contributed by atoms with Gasteiger partial charge in [0.1, 0.15) is 6.15 Å². The molecular formula is C50H29BF24OS. The number of ketones is 1. The molecule has 1 nitrogen and oxygen atoms in total. The van der Waals surface area contributed by atoms with Crippen molar-refractivity contribution in [3.63, 3.8) is 0 Å². The van der Waals surface area contributed by atoms with Crippen molar-refractivity contribution in [2.45, 2.75) is 54.7 Å². The Hall–Kier alpha value is -6.54. The molecule has 77 heavy (non-hydrogen) atoms. The molecule has 0 saturated carbocycles. The van der Waals surface area contributed by atoms with Crippen molar-refractivity contribution in [2.24, 2.45) is 0 Å². The quantitative estimate of drug-likeness (QED) is 0.0642. The maximum absolute atomic E-state index is 14.2. The number of Topliss-reactive ketones (excluding diaryl/α,β-unsaturated/α-hetero) is 1. The molecule has 6 aromatic carbocycles. The van der Waals surface area contributed by atoms with E-state index in [1.807, 2.05) is 30.3 Å². The Labute approximate surface area is 421 Å². The predicted octanol–water partition coefficient (Wildman–Crippen LogP) is 15.1. The second kappa shape index (κ2) is 20.7. The van der Waals surface area contributed by atoms with Crippen molar-refractivity contribution in [3.8, 4) is 0 Å². The largest absolute Gasteiger partial charge is 0.416 e. The smallest absolute Gasteiger partial charge is 0.289 e. The fraction of sp³-hybridized carbons (Fsp3) is 0.220. The van der Waals surface area contributed by atoms with Gasteiger partial charge in [-0.05, 0) is 35.9 Å². The molecule has 0 heterocycles. The molecule has 0 N–H and O–H groups in total. The summed E-state index contributed by atoms with van der Waals surface area (Å²) in [5, 5.41) is 0.388. The second-order valence-electron chi connectivity index (χ2n) is 17.3. The molecule has 1 aliphatic carbocycles. The first-order chi connectivity index (χ1) is 35.0. The molecule has 2 atom stereocenters. The highest BCUT2D eigenvalue weighted by atomic mass is 32.2. The van der Waals surface area contributed by atoms with Crippen molar-refractivity contribution in [1.82, 2.24) is 0 Å². The van der Waals surface area contributed by atoms with Crippen LogP contribution in [-0.2, 0) is 60.3 Å². The molecular weight excluding hydrogens is 1120 g/mol. The SMILES string of the molecule is C[S+](CC(=O)c1ccccc1)C1C=Cc2ccccc21.FC(F)(F)c1cc([B-](c2cc(C(F)(F)F)cc(C(F)(F)F)c2)(c2cc(C(F)(F)F)cc(C(F)(F)F)c2)c2cc(C(F)(F)F)cc(C(F)(F)F)c2)cc(C(F)(F)F)c1. The lowest BCUT2D eigenvalue weighted by Crippen LogP contribution is -2.75. The average Bonchev–Trinajstić information content (AvgIpc) is 3.74. The van der Waals surface area contributed by atoms with Gasteiger partial charge in [0.25, 0.3) is 0 Å². The summed E-state index contributed by atoms with van der Waals surface area (Å²) >= 11 is 0. The minimum Gasteiger partial charge on any atom is -0.289 e. The molecule has 0 amide bonds. The number of hydrogen-bond donors (Lipinski definition) is 0. The fourth-order valence-corrected chi connectivity index (χ4v) is 10.4. The van der Waals surface area contributed by atoms with E-state index in [1.54, 1.807) is 0 Å². The Morgan fingerprint density at radius 3 is 0.922 bits per heavy atom. The zero-order valence-corrected chi connectivity index (χ0v) is 38.8. The molecule has 0 bridgehead atoms. The maximum Gasteiger partial charge on any atom is 0.416 e. The van der Waals surface area contributed by atoms with Crippen LogP contribution in [0.15, 0.2) is 133 Å². The van der Waals surface area contributed by atoms with Gasteiger partial charge in [0.15, 0.2) is 11.0 Å². The van der Waals surface area contributed by atoms with Crippen LogP contribution in [0.25, 0.3) is 6.08 Å². The summed E-state index contributed by atoms with van der Waals surface area (Å²) in [5.41, 5.74) is -26.7. The molecule has 2 unspecified atom stereocenters. The lowest BCUT2D eigenvalue weighted by atomic mass is 9.12. The number of carbonyl (C=O) groups excluding carboxylic acids is 1. The fourth-order valence-electron chi connectivity index (χ4n) is 8.64. The lowest BCUT2D eigenvalue weighted by molar-refractivity contribution is -0.144. The van der Waals surface area contributed by atoms with E-state index in [1.165, 1.54) is 11.1 Å². The van der Waals surface area contributed by atoms with Gasteiger partial charge in [0.2, 0.25) is 5.78 Å². The van der Waals surface area contributed by atoms with E-state index >= 15 is 0 Å². The number of fused-ring (bicyclic) bond motifs is 1. The molecule has 412 valence electrons. The van der Waals surface area contributed by atoms with Gasteiger partial charge in [0, 0.05) is 22.0 Å². The zero-order chi connectivity index (χ0) is 57.9. The first-order valence-electron chi connectivity index (χ1n) is 21.3. The number of halogens is 24. The summed E-state index contributed by atoms with van der Waals surface area (Å²) in [6.45, 7) is 0. The Morgan fingerprint density at radius 2 is 0.649 bits per heavy atom. The van der Waals surface area contributed by atoms with E-state index in [9.17, 15) is 110 Å². The molecule has 1 aliphatic rings. The number of alkyl halides is 24. The minimum atomic E-state index is -6.13. The van der Waals surface area contributed by atoms with Gasteiger partial charge in [-0.2, -0.15) is 127 Å². The summed E-state index contributed by atoms with van der Waals surface area (Å²) in [7, 11) is 0.0263. The molecule has 0 radical (unpaired) electrons. The van der Waals surface area contributed by atoms with Crippen molar-refractivity contribution >= 4 is 50.8 Å². The summed E-state index contributed by atoms with van der Waals surface area (Å²) in [4.78, 5) is 12.3. The van der Waals surface area contributed by atoms with Crippen LogP contribution in [-0.4, -0.2) is 23.9 Å². The number of benzene rings is 6. The molecule has 0 saturated heterocycles. The maximum atomic E-state index is 14.2. The monoisotopic (exact) mass is 1140 g/mol. The van der Waals surface area contributed by atoms with Crippen LogP contribution < -0.4 is 21.9 Å². The molecule has 6 aromatic rings. The van der Waals surface area contributed by atoms with Crippen LogP contribution in [0.1, 0.15) is 71.2 Å². The van der Waals surface area contributed by atoms with Crippen LogP contribution in [0.2, 0.25) is 0 Å². The van der Waals surface area contributed by atoms with Gasteiger partial charge >= 0.3 is 49.4 Å². The van der Waals surface area contributed by atoms with Crippen molar-refractivity contribution < 1.29 is 110 Å². The minimum absolute atomic E-state index is 0.0263. The van der Waals surface area contributed by atoms with Gasteiger partial charge in [-0.15, -0.1) is 0 Å². The molecule has 7 rings (SSSR count). The molecule has 0 aliphatic heterocycles. The van der Waals surface area contributed by atoms with Gasteiger partial charge in [-0.3, -0.25) is 4.79 Å². The Morgan fingerprint density at radius 1 is 0.390 bits per heavy atom. The van der Waals surface area contributed by atoms with Gasteiger partial charge in [-0.1, -0.05) is 109 Å². The lowest BCUT2D eigenvalue weighted by Gasteiger charge is -2.46. The zero-order valence-electron chi connectivity index (χ0n) is 38.0. The molecule has 0 aromatic heterocycles. The highest BCUT2D eigenvalue weighted by molar-refractivity contribution is 7.97. The van der Waals surface area contributed by atoms with E-state index in [-0.39, 0.29) is 16.7 Å². The summed E-state index contributed by atoms with van der Waals surface area (Å²) in [5.74, 6) is 0.863. The topological polar surface area (TPSA) is 17.1 Å². The summed E-state index contributed by atoms with van der Waals surface area (Å²) in [6.07, 6.45) is -48.2. The second-order valence-corrected chi connectivity index (χ2v) is 19.4. The van der Waals surface area contributed by atoms with E-state index in [4.69, 9.17) is 0 Å². The third-order valence-corrected chi connectivity index (χ3v) is 14.1. The third-order valence-electron chi connectivity index (χ3n) is 12.1. The standard InChI is InChI=1S/C32H12BF24.C18H17OS/c34-25(35,36)13-1-14(26(37,38)39)6-21(5-13)33(22-7-15(27(40,41)42)2-16(8-22)28(43,44)45,23-9-17(29(46,47)48)3-18(10-23)30(49,50)51)24-11-19(31(52,53)54)4-20(12-24)32(55,56)57;1-20(13-17(19)15-8-3-2-4-9-15)18-12-11-14-7-5-6-10-16(14)18/h1-12H;2-12,18H,13H2,1H3/q-1;+1. The van der Waals surface area contributed by atoms with Crippen molar-refractivity contribution in [2.75, 3.05) is 12.0 Å². The van der Waals surface area contributed by atoms with Crippen LogP contribution in [0.4, 0.5) is 105 Å². The number of rotatable bonds is 8. The molecule has 27 heteroatoms. The number of carbonyl (C=O) groups is 1. The molecule has 0 spiro atoms. The summed E-state index contributed by atoms with van der Waals surface area (Å²) < 4.78 is 341. The van der Waals surface area contributed by atoms with Gasteiger partial charge in [0.05, 0.1) is 50.8 Å². The van der Waals surface area contributed by atoms with E-state index in [0.717, 1.165) is 5.56 Å². The molecule has 0 fully saturated rings. The Balaban J connectivity index is 0.000000397. The van der Waals surface area contributed by atoms with Crippen LogP contribution in [0.3, 0.4) is 0 Å². The Bertz CT molecular complexity index is 2720. The predicted molar refractivity (Wildman–Crippen MR) is 237 cm³/mol. The number of hydrogen-bond acceptors (Lipinski definition) is 1. The van der Waals surface area contributed by atoms with E-state index in [2.05, 4.69) is 42.7 Å². The van der Waals surface area contributed by atoms with Gasteiger partial charge < -0.3 is 0 Å². The van der Waals surface area contributed by atoms with Crippen molar-refractivity contribution in [1.29, 1.82) is 0 Å². The van der Waals surface area contributed by atoms with E-state index < -0.39 is 195 Å². The average molecular weight is 1140 g/mol. The normalized spacial score (nSPS) is 15.2. The first-order valence-corrected chi connectivity index (χ1v) is 23.2. The Kier molecular flexibility index (Phi) is 16.0. The van der Waals surface area contributed by atoms with Crippen LogP contribution in [0, 0.1) is 0 Å².